The van der Waals surface area contributed by atoms with Crippen LogP contribution in [0.1, 0.15) is 31.9 Å². The summed E-state index contributed by atoms with van der Waals surface area (Å²) >= 11 is 0. The van der Waals surface area contributed by atoms with Gasteiger partial charge in [0, 0.05) is 36.1 Å². The number of pyridine rings is 2. The van der Waals surface area contributed by atoms with Crippen molar-refractivity contribution in [1.82, 2.24) is 9.97 Å². The third-order valence-electron chi connectivity index (χ3n) is 4.22. The summed E-state index contributed by atoms with van der Waals surface area (Å²) in [6.45, 7) is 3.88. The number of benzene rings is 1. The van der Waals surface area contributed by atoms with Gasteiger partial charge in [0.25, 0.3) is 0 Å². The second-order valence-corrected chi connectivity index (χ2v) is 6.20. The molecule has 0 unspecified atom stereocenters. The molecule has 4 nitrogen and oxygen atoms in total. The number of unbranched alkanes of at least 4 members (excludes halogenated alkanes) is 2. The maximum Gasteiger partial charge on any atom is 0.125 e. The number of anilines is 2. The molecule has 0 amide bonds. The summed E-state index contributed by atoms with van der Waals surface area (Å²) in [5.74, 6) is 0.907. The largest absolute Gasteiger partial charge is 0.383 e. The minimum Gasteiger partial charge on any atom is -0.383 e. The molecule has 2 N–H and O–H groups in total. The van der Waals surface area contributed by atoms with Gasteiger partial charge in [0.05, 0.1) is 5.52 Å². The van der Waals surface area contributed by atoms with Crippen LogP contribution in [0.15, 0.2) is 54.7 Å². The fraction of sp³-hybridized carbons (Fsp3) is 0.333. The molecule has 4 heteroatoms. The number of nitrogens with zero attached hydrogens (tertiary/aromatic N) is 2. The smallest absolute Gasteiger partial charge is 0.125 e. The van der Waals surface area contributed by atoms with E-state index in [0.717, 1.165) is 30.8 Å². The fourth-order valence-corrected chi connectivity index (χ4v) is 2.92. The quantitative estimate of drug-likeness (QED) is 0.547. The second-order valence-electron chi connectivity index (χ2n) is 6.20. The molecule has 2 aromatic heterocycles. The highest BCUT2D eigenvalue weighted by molar-refractivity contribution is 5.91. The van der Waals surface area contributed by atoms with E-state index in [1.165, 1.54) is 36.0 Å². The van der Waals surface area contributed by atoms with E-state index in [2.05, 4.69) is 52.9 Å². The molecule has 0 radical (unpaired) electrons. The van der Waals surface area contributed by atoms with Gasteiger partial charge < -0.3 is 10.6 Å². The molecule has 3 rings (SSSR count). The first-order valence-electron chi connectivity index (χ1n) is 9.14. The number of aryl methyl sites for hydroxylation is 1. The topological polar surface area (TPSA) is 49.8 Å². The predicted molar refractivity (Wildman–Crippen MR) is 106 cm³/mol. The molecule has 2 heterocycles. The lowest BCUT2D eigenvalue weighted by Gasteiger charge is -2.13. The number of rotatable bonds is 9. The summed E-state index contributed by atoms with van der Waals surface area (Å²) in [5.41, 5.74) is 3.41. The number of nitrogens with one attached hydrogen (secondary N) is 2. The SMILES string of the molecule is CCCCCc1cc(NCCNc2ccccn2)c2ccccc2n1. The summed E-state index contributed by atoms with van der Waals surface area (Å²) in [7, 11) is 0. The monoisotopic (exact) mass is 334 g/mol. The number of hydrogen-bond donors (Lipinski definition) is 2. The van der Waals surface area contributed by atoms with Gasteiger partial charge in [-0.05, 0) is 37.1 Å². The summed E-state index contributed by atoms with van der Waals surface area (Å²) in [5, 5.41) is 8.07. The van der Waals surface area contributed by atoms with Crippen LogP contribution >= 0.6 is 0 Å². The highest BCUT2D eigenvalue weighted by Crippen LogP contribution is 2.23. The van der Waals surface area contributed by atoms with Crippen LogP contribution < -0.4 is 10.6 Å². The molecule has 0 spiro atoms. The van der Waals surface area contributed by atoms with E-state index in [-0.39, 0.29) is 0 Å². The molecule has 3 aromatic rings. The van der Waals surface area contributed by atoms with Crippen LogP contribution in [0.5, 0.6) is 0 Å². The first-order valence-corrected chi connectivity index (χ1v) is 9.14. The van der Waals surface area contributed by atoms with Crippen molar-refractivity contribution < 1.29 is 0 Å². The molecule has 130 valence electrons. The molecule has 0 aliphatic carbocycles. The van der Waals surface area contributed by atoms with E-state index in [1.54, 1.807) is 6.20 Å². The molecule has 0 aliphatic heterocycles. The minimum absolute atomic E-state index is 0.818. The molecular weight excluding hydrogens is 308 g/mol. The first kappa shape index (κ1) is 17.2. The summed E-state index contributed by atoms with van der Waals surface area (Å²) in [6, 6.07) is 16.4. The maximum atomic E-state index is 4.82. The van der Waals surface area contributed by atoms with E-state index in [1.807, 2.05) is 18.2 Å². The van der Waals surface area contributed by atoms with Crippen molar-refractivity contribution in [3.8, 4) is 0 Å². The van der Waals surface area contributed by atoms with Crippen LogP contribution in [0, 0.1) is 0 Å². The molecule has 0 atom stereocenters. The highest BCUT2D eigenvalue weighted by Gasteiger charge is 2.05. The average Bonchev–Trinajstić information content (AvgIpc) is 2.66. The van der Waals surface area contributed by atoms with Gasteiger partial charge in [0.15, 0.2) is 0 Å². The highest BCUT2D eigenvalue weighted by atomic mass is 15.0. The van der Waals surface area contributed by atoms with Gasteiger partial charge >= 0.3 is 0 Å². The molecule has 0 aliphatic rings. The number of fused-ring (bicyclic) bond motifs is 1. The van der Waals surface area contributed by atoms with Crippen molar-refractivity contribution >= 4 is 22.4 Å². The Morgan fingerprint density at radius 2 is 1.76 bits per heavy atom. The number of aromatic nitrogens is 2. The standard InChI is InChI=1S/C21H26N4/c1-2-3-4-9-17-16-20(18-10-5-6-11-19(18)25-17)22-14-15-24-21-12-7-8-13-23-21/h5-8,10-13,16H,2-4,9,14-15H2,1H3,(H,22,25)(H,23,24). The summed E-state index contributed by atoms with van der Waals surface area (Å²) in [4.78, 5) is 9.10. The number of para-hydroxylation sites is 1. The van der Waals surface area contributed by atoms with Gasteiger partial charge in [-0.2, -0.15) is 0 Å². The predicted octanol–water partition coefficient (Wildman–Crippen LogP) is 4.89. The fourth-order valence-electron chi connectivity index (χ4n) is 2.92. The Balaban J connectivity index is 1.66. The van der Waals surface area contributed by atoms with Crippen LogP contribution in [0.4, 0.5) is 11.5 Å². The van der Waals surface area contributed by atoms with E-state index >= 15 is 0 Å². The molecular formula is C21H26N4. The summed E-state index contributed by atoms with van der Waals surface area (Å²) < 4.78 is 0. The molecule has 0 fully saturated rings. The van der Waals surface area contributed by atoms with Crippen LogP contribution in [0.3, 0.4) is 0 Å². The van der Waals surface area contributed by atoms with Crippen LogP contribution in [-0.2, 0) is 6.42 Å². The molecule has 0 saturated heterocycles. The van der Waals surface area contributed by atoms with E-state index in [4.69, 9.17) is 4.98 Å². The van der Waals surface area contributed by atoms with Crippen LogP contribution in [0.25, 0.3) is 10.9 Å². The van der Waals surface area contributed by atoms with Crippen molar-refractivity contribution in [2.45, 2.75) is 32.6 Å². The van der Waals surface area contributed by atoms with Crippen molar-refractivity contribution in [3.63, 3.8) is 0 Å². The van der Waals surface area contributed by atoms with Crippen molar-refractivity contribution in [2.75, 3.05) is 23.7 Å². The Hall–Kier alpha value is -2.62. The molecule has 1 aromatic carbocycles. The minimum atomic E-state index is 0.818. The van der Waals surface area contributed by atoms with Crippen LogP contribution in [0.2, 0.25) is 0 Å². The van der Waals surface area contributed by atoms with Gasteiger partial charge in [0.2, 0.25) is 0 Å². The van der Waals surface area contributed by atoms with Gasteiger partial charge in [-0.15, -0.1) is 0 Å². The molecule has 0 saturated carbocycles. The van der Waals surface area contributed by atoms with Gasteiger partial charge in [-0.25, -0.2) is 4.98 Å². The Morgan fingerprint density at radius 1 is 0.920 bits per heavy atom. The average molecular weight is 334 g/mol. The maximum absolute atomic E-state index is 4.82. The lowest BCUT2D eigenvalue weighted by Crippen LogP contribution is -2.14. The van der Waals surface area contributed by atoms with E-state index in [9.17, 15) is 0 Å². The Kier molecular flexibility index (Phi) is 6.21. The van der Waals surface area contributed by atoms with Crippen molar-refractivity contribution in [1.29, 1.82) is 0 Å². The Morgan fingerprint density at radius 3 is 2.60 bits per heavy atom. The van der Waals surface area contributed by atoms with Gasteiger partial charge in [0.1, 0.15) is 5.82 Å². The van der Waals surface area contributed by atoms with Gasteiger partial charge in [-0.1, -0.05) is 44.0 Å². The number of hydrogen-bond acceptors (Lipinski definition) is 4. The zero-order valence-corrected chi connectivity index (χ0v) is 14.8. The zero-order chi connectivity index (χ0) is 17.3. The normalized spacial score (nSPS) is 10.8. The van der Waals surface area contributed by atoms with Crippen LogP contribution in [-0.4, -0.2) is 23.1 Å². The first-order chi connectivity index (χ1) is 12.4. The molecule has 25 heavy (non-hydrogen) atoms. The molecule has 0 bridgehead atoms. The van der Waals surface area contributed by atoms with Gasteiger partial charge in [-0.3, -0.25) is 4.98 Å². The third kappa shape index (κ3) is 4.92. The second kappa shape index (κ2) is 9.02. The van der Waals surface area contributed by atoms with Crippen molar-refractivity contribution in [2.24, 2.45) is 0 Å². The lowest BCUT2D eigenvalue weighted by atomic mass is 10.1. The van der Waals surface area contributed by atoms with Crippen molar-refractivity contribution in [3.05, 3.63) is 60.4 Å². The van der Waals surface area contributed by atoms with E-state index < -0.39 is 0 Å². The van der Waals surface area contributed by atoms with E-state index in [0.29, 0.717) is 0 Å². The lowest BCUT2D eigenvalue weighted by molar-refractivity contribution is 0.709. The third-order valence-corrected chi connectivity index (χ3v) is 4.22. The summed E-state index contributed by atoms with van der Waals surface area (Å²) in [6.07, 6.45) is 6.53. The Labute approximate surface area is 149 Å². The zero-order valence-electron chi connectivity index (χ0n) is 14.8. The Bertz CT molecular complexity index is 786.